The van der Waals surface area contributed by atoms with Gasteiger partial charge >= 0.3 is 0 Å². The van der Waals surface area contributed by atoms with Crippen LogP contribution in [0.5, 0.6) is 5.75 Å². The number of methoxy groups -OCH3 is 1. The number of rotatable bonds is 5. The zero-order valence-electron chi connectivity index (χ0n) is 14.2. The van der Waals surface area contributed by atoms with Gasteiger partial charge in [0.05, 0.1) is 25.8 Å². The van der Waals surface area contributed by atoms with Crippen LogP contribution in [0.1, 0.15) is 23.5 Å². The number of hydrogen-bond donors (Lipinski definition) is 1. The summed E-state index contributed by atoms with van der Waals surface area (Å²) in [5.74, 6) is 2.37. The Balaban J connectivity index is 0.00000196. The van der Waals surface area contributed by atoms with E-state index in [0.717, 1.165) is 23.6 Å². The van der Waals surface area contributed by atoms with Crippen molar-refractivity contribution < 1.29 is 18.4 Å². The van der Waals surface area contributed by atoms with Crippen LogP contribution in [0, 0.1) is 0 Å². The highest BCUT2D eigenvalue weighted by atomic mass is 35.5. The van der Waals surface area contributed by atoms with E-state index in [4.69, 9.17) is 18.4 Å². The molecule has 3 aromatic rings. The van der Waals surface area contributed by atoms with E-state index in [2.05, 4.69) is 20.4 Å². The minimum absolute atomic E-state index is 0. The summed E-state index contributed by atoms with van der Waals surface area (Å²) in [5.41, 5.74) is 1.61. The first-order valence-electron chi connectivity index (χ1n) is 8.05. The first-order valence-corrected chi connectivity index (χ1v) is 8.05. The normalized spacial score (nSPS) is 16.9. The van der Waals surface area contributed by atoms with Crippen LogP contribution in [0.25, 0.3) is 11.5 Å². The summed E-state index contributed by atoms with van der Waals surface area (Å²) in [4.78, 5) is 8.87. The lowest BCUT2D eigenvalue weighted by Gasteiger charge is -2.19. The molecule has 3 heterocycles. The van der Waals surface area contributed by atoms with Crippen LogP contribution in [-0.4, -0.2) is 41.9 Å². The third-order valence-corrected chi connectivity index (χ3v) is 3.91. The van der Waals surface area contributed by atoms with Gasteiger partial charge in [-0.15, -0.1) is 12.4 Å². The van der Waals surface area contributed by atoms with Crippen LogP contribution in [0.3, 0.4) is 0 Å². The average Bonchev–Trinajstić information content (AvgIpc) is 3.33. The van der Waals surface area contributed by atoms with Gasteiger partial charge in [-0.3, -0.25) is 0 Å². The van der Waals surface area contributed by atoms with Crippen molar-refractivity contribution in [3.8, 4) is 17.2 Å². The zero-order valence-corrected chi connectivity index (χ0v) is 15.0. The molecule has 2 aromatic heterocycles. The number of nitrogens with one attached hydrogen (secondary N) is 1. The Morgan fingerprint density at radius 3 is 2.81 bits per heavy atom. The van der Waals surface area contributed by atoms with Crippen LogP contribution < -0.4 is 10.1 Å². The van der Waals surface area contributed by atoms with Gasteiger partial charge in [-0.1, -0.05) is 5.16 Å². The Morgan fingerprint density at radius 2 is 2.08 bits per heavy atom. The van der Waals surface area contributed by atoms with E-state index in [1.54, 1.807) is 13.4 Å². The number of halogens is 1. The molecule has 1 aliphatic heterocycles. The van der Waals surface area contributed by atoms with Gasteiger partial charge < -0.3 is 23.7 Å². The van der Waals surface area contributed by atoms with Crippen LogP contribution in [-0.2, 0) is 11.2 Å². The highest BCUT2D eigenvalue weighted by Gasteiger charge is 2.22. The quantitative estimate of drug-likeness (QED) is 0.723. The molecule has 0 aliphatic carbocycles. The molecule has 1 aliphatic rings. The summed E-state index contributed by atoms with van der Waals surface area (Å²) in [5, 5.41) is 7.23. The Kier molecular flexibility index (Phi) is 5.87. The number of ether oxygens (including phenoxy) is 2. The van der Waals surface area contributed by atoms with E-state index < -0.39 is 0 Å². The summed E-state index contributed by atoms with van der Waals surface area (Å²) < 4.78 is 21.6. The SMILES string of the molecule is COc1ccc(-c2nc(Cc3noc([C@H]4CNCCO4)n3)co2)cc1.Cl. The molecule has 1 saturated heterocycles. The number of nitrogens with zero attached hydrogens (tertiary/aromatic N) is 3. The molecular formula is C17H19ClN4O4. The van der Waals surface area contributed by atoms with Crippen LogP contribution in [0.15, 0.2) is 39.5 Å². The molecule has 9 heteroatoms. The Labute approximate surface area is 156 Å². The topological polar surface area (TPSA) is 95.4 Å². The van der Waals surface area contributed by atoms with Crippen molar-refractivity contribution in [1.29, 1.82) is 0 Å². The van der Waals surface area contributed by atoms with Crippen molar-refractivity contribution in [2.45, 2.75) is 12.5 Å². The highest BCUT2D eigenvalue weighted by Crippen LogP contribution is 2.23. The van der Waals surface area contributed by atoms with Crippen molar-refractivity contribution in [2.75, 3.05) is 26.8 Å². The van der Waals surface area contributed by atoms with Gasteiger partial charge in [-0.2, -0.15) is 4.98 Å². The van der Waals surface area contributed by atoms with Crippen LogP contribution in [0.2, 0.25) is 0 Å². The molecule has 4 rings (SSSR count). The molecule has 0 amide bonds. The largest absolute Gasteiger partial charge is 0.497 e. The van der Waals surface area contributed by atoms with E-state index in [1.807, 2.05) is 24.3 Å². The van der Waals surface area contributed by atoms with Gasteiger partial charge in [0, 0.05) is 18.7 Å². The van der Waals surface area contributed by atoms with Gasteiger partial charge in [-0.25, -0.2) is 4.98 Å². The van der Waals surface area contributed by atoms with E-state index in [1.165, 1.54) is 0 Å². The summed E-state index contributed by atoms with van der Waals surface area (Å²) in [6.45, 7) is 2.15. The van der Waals surface area contributed by atoms with E-state index in [9.17, 15) is 0 Å². The Morgan fingerprint density at radius 1 is 1.23 bits per heavy atom. The maximum Gasteiger partial charge on any atom is 0.257 e. The summed E-state index contributed by atoms with van der Waals surface area (Å²) in [6, 6.07) is 7.52. The van der Waals surface area contributed by atoms with Crippen molar-refractivity contribution in [1.82, 2.24) is 20.4 Å². The third-order valence-electron chi connectivity index (χ3n) is 3.91. The summed E-state index contributed by atoms with van der Waals surface area (Å²) >= 11 is 0. The molecule has 0 spiro atoms. The van der Waals surface area contributed by atoms with E-state index in [0.29, 0.717) is 37.2 Å². The second-order valence-electron chi connectivity index (χ2n) is 5.66. The second kappa shape index (κ2) is 8.31. The number of hydrogen-bond acceptors (Lipinski definition) is 8. The lowest BCUT2D eigenvalue weighted by Crippen LogP contribution is -2.33. The molecule has 0 bridgehead atoms. The van der Waals surface area contributed by atoms with Crippen molar-refractivity contribution in [2.24, 2.45) is 0 Å². The fourth-order valence-electron chi connectivity index (χ4n) is 2.61. The molecule has 138 valence electrons. The number of benzene rings is 1. The molecule has 0 radical (unpaired) electrons. The Hall–Kier alpha value is -2.42. The smallest absolute Gasteiger partial charge is 0.257 e. The van der Waals surface area contributed by atoms with Crippen molar-refractivity contribution in [3.63, 3.8) is 0 Å². The molecule has 1 fully saturated rings. The number of oxazole rings is 1. The molecule has 26 heavy (non-hydrogen) atoms. The minimum Gasteiger partial charge on any atom is -0.497 e. The molecule has 0 saturated carbocycles. The zero-order chi connectivity index (χ0) is 17.1. The first-order chi connectivity index (χ1) is 12.3. The molecule has 0 unspecified atom stereocenters. The predicted molar refractivity (Wildman–Crippen MR) is 94.4 cm³/mol. The van der Waals surface area contributed by atoms with Crippen LogP contribution in [0.4, 0.5) is 0 Å². The lowest BCUT2D eigenvalue weighted by atomic mass is 10.2. The monoisotopic (exact) mass is 378 g/mol. The molecule has 1 atom stereocenters. The summed E-state index contributed by atoms with van der Waals surface area (Å²) in [7, 11) is 1.63. The average molecular weight is 379 g/mol. The summed E-state index contributed by atoms with van der Waals surface area (Å²) in [6.07, 6.45) is 1.85. The fraction of sp³-hybridized carbons (Fsp3) is 0.353. The maximum atomic E-state index is 5.61. The van der Waals surface area contributed by atoms with E-state index >= 15 is 0 Å². The minimum atomic E-state index is -0.192. The highest BCUT2D eigenvalue weighted by molar-refractivity contribution is 5.85. The molecule has 1 N–H and O–H groups in total. The fourth-order valence-corrected chi connectivity index (χ4v) is 2.61. The number of aromatic nitrogens is 3. The molecular weight excluding hydrogens is 360 g/mol. The molecule has 8 nitrogen and oxygen atoms in total. The van der Waals surface area contributed by atoms with E-state index in [-0.39, 0.29) is 18.5 Å². The first kappa shape index (κ1) is 18.4. The van der Waals surface area contributed by atoms with Gasteiger partial charge in [-0.05, 0) is 24.3 Å². The van der Waals surface area contributed by atoms with Gasteiger partial charge in [0.1, 0.15) is 18.1 Å². The second-order valence-corrected chi connectivity index (χ2v) is 5.66. The van der Waals surface area contributed by atoms with Gasteiger partial charge in [0.2, 0.25) is 5.89 Å². The lowest BCUT2D eigenvalue weighted by molar-refractivity contribution is 0.00755. The van der Waals surface area contributed by atoms with Gasteiger partial charge in [0.15, 0.2) is 5.82 Å². The maximum absolute atomic E-state index is 5.61. The van der Waals surface area contributed by atoms with Crippen LogP contribution >= 0.6 is 12.4 Å². The van der Waals surface area contributed by atoms with Gasteiger partial charge in [0.25, 0.3) is 5.89 Å². The number of morpholine rings is 1. The predicted octanol–water partition coefficient (Wildman–Crippen LogP) is 2.41. The van der Waals surface area contributed by atoms with Crippen molar-refractivity contribution in [3.05, 3.63) is 47.9 Å². The Bertz CT molecular complexity index is 827. The third kappa shape index (κ3) is 4.04. The molecule has 1 aromatic carbocycles. The standard InChI is InChI=1S/C17H18N4O4.ClH/c1-22-13-4-2-11(3-5-13)16-19-12(10-24-16)8-15-20-17(25-21-15)14-9-18-6-7-23-14;/h2-5,10,14,18H,6-9H2,1H3;1H/t14-;/m1./s1. The van der Waals surface area contributed by atoms with Crippen molar-refractivity contribution >= 4 is 12.4 Å².